The van der Waals surface area contributed by atoms with Gasteiger partial charge in [0.2, 0.25) is 5.91 Å². The molecule has 0 saturated heterocycles. The largest absolute Gasteiger partial charge is 0.480 e. The Morgan fingerprint density at radius 3 is 2.43 bits per heavy atom. The minimum atomic E-state index is -1.15. The quantitative estimate of drug-likeness (QED) is 0.673. The van der Waals surface area contributed by atoms with Crippen molar-refractivity contribution in [1.82, 2.24) is 10.6 Å². The van der Waals surface area contributed by atoms with E-state index in [1.165, 1.54) is 0 Å². The number of hydrogen-bond acceptors (Lipinski definition) is 4. The summed E-state index contributed by atoms with van der Waals surface area (Å²) in [6.45, 7) is 3.27. The molecular formula is C16H22N2O5. The minimum Gasteiger partial charge on any atom is -0.480 e. The standard InChI is InChI=1S/C16H22N2O5/c1-3-11(2)14(15(21)17-9-13(19)20)18-16(22)23-10-12-7-5-4-6-8-12/h4-8,11,14H,3,9-10H2,1-2H3,(H,17,21)(H,18,22)(H,19,20)/t11-,14+/m1/s1. The second-order valence-electron chi connectivity index (χ2n) is 5.18. The summed E-state index contributed by atoms with van der Waals surface area (Å²) in [5, 5.41) is 13.4. The molecule has 0 unspecified atom stereocenters. The van der Waals surface area contributed by atoms with E-state index in [-0.39, 0.29) is 12.5 Å². The average Bonchev–Trinajstić information content (AvgIpc) is 2.55. The fourth-order valence-electron chi connectivity index (χ4n) is 1.87. The normalized spacial score (nSPS) is 12.8. The second kappa shape index (κ2) is 9.45. The van der Waals surface area contributed by atoms with Crippen LogP contribution in [0.5, 0.6) is 0 Å². The molecule has 3 N–H and O–H groups in total. The molecule has 0 aliphatic rings. The molecule has 7 nitrogen and oxygen atoms in total. The van der Waals surface area contributed by atoms with Crippen LogP contribution in [0.4, 0.5) is 4.79 Å². The molecule has 1 rings (SSSR count). The monoisotopic (exact) mass is 322 g/mol. The van der Waals surface area contributed by atoms with Crippen molar-refractivity contribution in [2.24, 2.45) is 5.92 Å². The molecule has 23 heavy (non-hydrogen) atoms. The molecule has 0 aliphatic heterocycles. The van der Waals surface area contributed by atoms with Crippen LogP contribution >= 0.6 is 0 Å². The van der Waals surface area contributed by atoms with Gasteiger partial charge in [0.25, 0.3) is 0 Å². The Labute approximate surface area is 135 Å². The Hall–Kier alpha value is -2.57. The molecule has 0 aromatic heterocycles. The Bertz CT molecular complexity index is 533. The number of ether oxygens (including phenoxy) is 1. The highest BCUT2D eigenvalue weighted by Gasteiger charge is 2.26. The van der Waals surface area contributed by atoms with Crippen molar-refractivity contribution in [2.75, 3.05) is 6.54 Å². The maximum absolute atomic E-state index is 12.0. The molecule has 0 heterocycles. The lowest BCUT2D eigenvalue weighted by molar-refractivity contribution is -0.138. The van der Waals surface area contributed by atoms with E-state index in [0.29, 0.717) is 6.42 Å². The summed E-state index contributed by atoms with van der Waals surface area (Å²) in [6, 6.07) is 8.31. The number of hydrogen-bond donors (Lipinski definition) is 3. The summed E-state index contributed by atoms with van der Waals surface area (Å²) in [6.07, 6.45) is -0.0750. The number of amides is 2. The lowest BCUT2D eigenvalue weighted by Crippen LogP contribution is -2.51. The molecular weight excluding hydrogens is 300 g/mol. The highest BCUT2D eigenvalue weighted by atomic mass is 16.5. The third kappa shape index (κ3) is 6.82. The van der Waals surface area contributed by atoms with Crippen molar-refractivity contribution in [2.45, 2.75) is 32.9 Å². The number of benzene rings is 1. The summed E-state index contributed by atoms with van der Waals surface area (Å²) in [5.41, 5.74) is 0.832. The fourth-order valence-corrected chi connectivity index (χ4v) is 1.87. The van der Waals surface area contributed by atoms with Gasteiger partial charge < -0.3 is 20.5 Å². The van der Waals surface area contributed by atoms with Gasteiger partial charge in [-0.3, -0.25) is 9.59 Å². The number of rotatable bonds is 8. The number of nitrogens with one attached hydrogen (secondary N) is 2. The van der Waals surface area contributed by atoms with E-state index in [0.717, 1.165) is 5.56 Å². The summed E-state index contributed by atoms with van der Waals surface area (Å²) >= 11 is 0. The van der Waals surface area contributed by atoms with E-state index in [4.69, 9.17) is 9.84 Å². The first-order chi connectivity index (χ1) is 10.9. The van der Waals surface area contributed by atoms with Crippen LogP contribution in [0.25, 0.3) is 0 Å². The van der Waals surface area contributed by atoms with E-state index in [1.54, 1.807) is 6.92 Å². The SMILES string of the molecule is CC[C@@H](C)[C@H](NC(=O)OCc1ccccc1)C(=O)NCC(=O)O. The molecule has 0 spiro atoms. The summed E-state index contributed by atoms with van der Waals surface area (Å²) in [5.74, 6) is -1.85. The summed E-state index contributed by atoms with van der Waals surface area (Å²) in [7, 11) is 0. The zero-order valence-electron chi connectivity index (χ0n) is 13.2. The molecule has 0 fully saturated rings. The number of carbonyl (C=O) groups excluding carboxylic acids is 2. The molecule has 126 valence electrons. The molecule has 2 atom stereocenters. The lowest BCUT2D eigenvalue weighted by Gasteiger charge is -2.22. The molecule has 7 heteroatoms. The summed E-state index contributed by atoms with van der Waals surface area (Å²) < 4.78 is 5.08. The van der Waals surface area contributed by atoms with Gasteiger partial charge in [0.05, 0.1) is 0 Å². The van der Waals surface area contributed by atoms with E-state index >= 15 is 0 Å². The maximum Gasteiger partial charge on any atom is 0.408 e. The van der Waals surface area contributed by atoms with Crippen LogP contribution < -0.4 is 10.6 Å². The Morgan fingerprint density at radius 2 is 1.87 bits per heavy atom. The third-order valence-corrected chi connectivity index (χ3v) is 3.40. The predicted molar refractivity (Wildman–Crippen MR) is 83.7 cm³/mol. The highest BCUT2D eigenvalue weighted by molar-refractivity contribution is 5.88. The predicted octanol–water partition coefficient (Wildman–Crippen LogP) is 1.53. The van der Waals surface area contributed by atoms with E-state index in [1.807, 2.05) is 37.3 Å². The molecule has 0 aliphatic carbocycles. The van der Waals surface area contributed by atoms with Gasteiger partial charge in [0.15, 0.2) is 0 Å². The molecule has 1 aromatic carbocycles. The lowest BCUT2D eigenvalue weighted by atomic mass is 9.98. The van der Waals surface area contributed by atoms with Crippen molar-refractivity contribution in [1.29, 1.82) is 0 Å². The maximum atomic E-state index is 12.0. The van der Waals surface area contributed by atoms with Crippen molar-refractivity contribution >= 4 is 18.0 Å². The molecule has 0 radical (unpaired) electrons. The number of aliphatic carboxylic acids is 1. The minimum absolute atomic E-state index is 0.0939. The Kier molecular flexibility index (Phi) is 7.59. The molecule has 0 saturated carbocycles. The zero-order chi connectivity index (χ0) is 17.2. The second-order valence-corrected chi connectivity index (χ2v) is 5.18. The van der Waals surface area contributed by atoms with Gasteiger partial charge in [-0.15, -0.1) is 0 Å². The van der Waals surface area contributed by atoms with Gasteiger partial charge in [-0.2, -0.15) is 0 Å². The van der Waals surface area contributed by atoms with Gasteiger partial charge >= 0.3 is 12.1 Å². The van der Waals surface area contributed by atoms with Crippen LogP contribution in [0.2, 0.25) is 0 Å². The number of carbonyl (C=O) groups is 3. The van der Waals surface area contributed by atoms with Crippen molar-refractivity contribution in [3.05, 3.63) is 35.9 Å². The third-order valence-electron chi connectivity index (χ3n) is 3.40. The van der Waals surface area contributed by atoms with Crippen LogP contribution in [0, 0.1) is 5.92 Å². The van der Waals surface area contributed by atoms with Gasteiger partial charge in [0.1, 0.15) is 19.2 Å². The first-order valence-electron chi connectivity index (χ1n) is 7.40. The van der Waals surface area contributed by atoms with E-state index in [9.17, 15) is 14.4 Å². The van der Waals surface area contributed by atoms with Gasteiger partial charge in [-0.1, -0.05) is 50.6 Å². The van der Waals surface area contributed by atoms with Crippen molar-refractivity contribution < 1.29 is 24.2 Å². The molecule has 1 aromatic rings. The van der Waals surface area contributed by atoms with Crippen molar-refractivity contribution in [3.63, 3.8) is 0 Å². The first-order valence-corrected chi connectivity index (χ1v) is 7.40. The van der Waals surface area contributed by atoms with Gasteiger partial charge in [-0.05, 0) is 11.5 Å². The van der Waals surface area contributed by atoms with Gasteiger partial charge in [-0.25, -0.2) is 4.79 Å². The fraction of sp³-hybridized carbons (Fsp3) is 0.438. The van der Waals surface area contributed by atoms with Gasteiger partial charge in [0, 0.05) is 0 Å². The van der Waals surface area contributed by atoms with E-state index < -0.39 is 30.6 Å². The molecule has 0 bridgehead atoms. The van der Waals surface area contributed by atoms with Crippen LogP contribution in [0.15, 0.2) is 30.3 Å². The van der Waals surface area contributed by atoms with E-state index in [2.05, 4.69) is 10.6 Å². The molecule has 2 amide bonds. The smallest absolute Gasteiger partial charge is 0.408 e. The summed E-state index contributed by atoms with van der Waals surface area (Å²) in [4.78, 5) is 34.4. The zero-order valence-corrected chi connectivity index (χ0v) is 13.2. The van der Waals surface area contributed by atoms with Crippen molar-refractivity contribution in [3.8, 4) is 0 Å². The van der Waals surface area contributed by atoms with Crippen LogP contribution in [-0.2, 0) is 20.9 Å². The number of alkyl carbamates (subject to hydrolysis) is 1. The van der Waals surface area contributed by atoms with Crippen LogP contribution in [0.1, 0.15) is 25.8 Å². The Balaban J connectivity index is 2.56. The number of carboxylic acids is 1. The topological polar surface area (TPSA) is 105 Å². The highest BCUT2D eigenvalue weighted by Crippen LogP contribution is 2.09. The van der Waals surface area contributed by atoms with Crippen LogP contribution in [0.3, 0.4) is 0 Å². The average molecular weight is 322 g/mol. The first kappa shape index (κ1) is 18.5. The Morgan fingerprint density at radius 1 is 1.22 bits per heavy atom. The van der Waals surface area contributed by atoms with Crippen LogP contribution in [-0.4, -0.2) is 35.7 Å². The number of carboxylic acid groups (broad SMARTS) is 1.